The van der Waals surface area contributed by atoms with Crippen molar-refractivity contribution >= 4 is 11.9 Å². The number of nitrogens with one attached hydrogen (secondary N) is 1. The van der Waals surface area contributed by atoms with Crippen molar-refractivity contribution in [2.24, 2.45) is 11.8 Å². The summed E-state index contributed by atoms with van der Waals surface area (Å²) >= 11 is 0. The number of nitrogens with zero attached hydrogens (tertiary/aromatic N) is 2. The van der Waals surface area contributed by atoms with Crippen LogP contribution < -0.4 is 5.32 Å². The third-order valence-corrected chi connectivity index (χ3v) is 4.14. The number of carbonyl (C=O) groups is 2. The molecule has 0 aliphatic carbocycles. The maximum atomic E-state index is 11.3. The van der Waals surface area contributed by atoms with E-state index in [0.29, 0.717) is 19.5 Å². The molecule has 0 spiro atoms. The predicted octanol–water partition coefficient (Wildman–Crippen LogP) is 1.23. The molecule has 1 aliphatic rings. The Morgan fingerprint density at radius 3 is 2.67 bits per heavy atom. The van der Waals surface area contributed by atoms with Gasteiger partial charge < -0.3 is 10.4 Å². The van der Waals surface area contributed by atoms with Crippen molar-refractivity contribution in [3.8, 4) is 6.07 Å². The van der Waals surface area contributed by atoms with Gasteiger partial charge in [-0.25, -0.2) is 0 Å². The third-order valence-electron chi connectivity index (χ3n) is 4.14. The van der Waals surface area contributed by atoms with Gasteiger partial charge in [0.2, 0.25) is 5.91 Å². The highest BCUT2D eigenvalue weighted by Gasteiger charge is 2.38. The number of likely N-dealkylation sites (tertiary alicyclic amines) is 1. The van der Waals surface area contributed by atoms with Crippen LogP contribution in [-0.4, -0.2) is 47.1 Å². The fourth-order valence-electron chi connectivity index (χ4n) is 3.07. The standard InChI is InChI=1S/C15H25N3O3/c1-4-5-13(10(2)17-11(3)19)9-18-8-12(7-16)6-14(18)15(20)21/h10,12-14H,4-6,8-9H2,1-3H3,(H,17,19)(H,20,21)/t10?,12-,13?,14+/m0/s1. The van der Waals surface area contributed by atoms with E-state index in [-0.39, 0.29) is 23.8 Å². The first-order chi connectivity index (χ1) is 9.88. The number of rotatable bonds is 7. The van der Waals surface area contributed by atoms with E-state index >= 15 is 0 Å². The molecule has 0 aromatic rings. The molecule has 21 heavy (non-hydrogen) atoms. The Morgan fingerprint density at radius 2 is 2.19 bits per heavy atom. The number of hydrogen-bond acceptors (Lipinski definition) is 4. The summed E-state index contributed by atoms with van der Waals surface area (Å²) in [4.78, 5) is 24.4. The smallest absolute Gasteiger partial charge is 0.320 e. The highest BCUT2D eigenvalue weighted by molar-refractivity contribution is 5.74. The second-order valence-electron chi connectivity index (χ2n) is 5.91. The van der Waals surface area contributed by atoms with Gasteiger partial charge >= 0.3 is 5.97 Å². The second-order valence-corrected chi connectivity index (χ2v) is 5.91. The predicted molar refractivity (Wildman–Crippen MR) is 78.4 cm³/mol. The fourth-order valence-corrected chi connectivity index (χ4v) is 3.07. The van der Waals surface area contributed by atoms with Crippen LogP contribution in [0.25, 0.3) is 0 Å². The van der Waals surface area contributed by atoms with E-state index in [2.05, 4.69) is 18.3 Å². The Morgan fingerprint density at radius 1 is 1.52 bits per heavy atom. The minimum Gasteiger partial charge on any atom is -0.480 e. The zero-order valence-electron chi connectivity index (χ0n) is 13.0. The number of aliphatic carboxylic acids is 1. The molecule has 0 aromatic carbocycles. The molecule has 1 heterocycles. The molecule has 2 N–H and O–H groups in total. The molecule has 6 nitrogen and oxygen atoms in total. The van der Waals surface area contributed by atoms with Crippen LogP contribution in [0.2, 0.25) is 0 Å². The van der Waals surface area contributed by atoms with Crippen LogP contribution in [0.15, 0.2) is 0 Å². The van der Waals surface area contributed by atoms with Crippen LogP contribution in [0.3, 0.4) is 0 Å². The number of hydrogen-bond donors (Lipinski definition) is 2. The molecule has 0 bridgehead atoms. The lowest BCUT2D eigenvalue weighted by atomic mass is 9.95. The zero-order chi connectivity index (χ0) is 16.0. The molecule has 1 aliphatic heterocycles. The number of nitriles is 1. The van der Waals surface area contributed by atoms with E-state index in [0.717, 1.165) is 12.8 Å². The monoisotopic (exact) mass is 295 g/mol. The summed E-state index contributed by atoms with van der Waals surface area (Å²) in [7, 11) is 0. The van der Waals surface area contributed by atoms with E-state index in [1.807, 2.05) is 11.8 Å². The van der Waals surface area contributed by atoms with E-state index in [4.69, 9.17) is 5.26 Å². The summed E-state index contributed by atoms with van der Waals surface area (Å²) in [5.41, 5.74) is 0. The molecule has 118 valence electrons. The highest BCUT2D eigenvalue weighted by atomic mass is 16.4. The van der Waals surface area contributed by atoms with Crippen LogP contribution in [0.1, 0.15) is 40.0 Å². The third kappa shape index (κ3) is 5.01. The van der Waals surface area contributed by atoms with E-state index < -0.39 is 12.0 Å². The normalized spacial score (nSPS) is 25.0. The molecule has 2 unspecified atom stereocenters. The molecular formula is C15H25N3O3. The first-order valence-corrected chi connectivity index (χ1v) is 7.52. The Kier molecular flexibility index (Phi) is 6.63. The summed E-state index contributed by atoms with van der Waals surface area (Å²) in [6, 6.07) is 1.58. The molecule has 1 rings (SSSR count). The molecule has 1 saturated heterocycles. The van der Waals surface area contributed by atoms with Crippen molar-refractivity contribution in [1.82, 2.24) is 10.2 Å². The van der Waals surface area contributed by atoms with Crippen LogP contribution in [0.5, 0.6) is 0 Å². The first-order valence-electron chi connectivity index (χ1n) is 7.52. The van der Waals surface area contributed by atoms with Crippen LogP contribution in [0.4, 0.5) is 0 Å². The topological polar surface area (TPSA) is 93.4 Å². The second kappa shape index (κ2) is 7.99. The largest absolute Gasteiger partial charge is 0.480 e. The first kappa shape index (κ1) is 17.4. The summed E-state index contributed by atoms with van der Waals surface area (Å²) in [6.07, 6.45) is 2.28. The Bertz CT molecular complexity index is 419. The van der Waals surface area contributed by atoms with Crippen LogP contribution >= 0.6 is 0 Å². The van der Waals surface area contributed by atoms with Gasteiger partial charge in [0, 0.05) is 26.1 Å². The van der Waals surface area contributed by atoms with Crippen molar-refractivity contribution < 1.29 is 14.7 Å². The number of amides is 1. The molecular weight excluding hydrogens is 270 g/mol. The van der Waals surface area contributed by atoms with Crippen LogP contribution in [-0.2, 0) is 9.59 Å². The SMILES string of the molecule is CCCC(CN1C[C@H](C#N)C[C@@H]1C(=O)O)C(C)NC(C)=O. The maximum Gasteiger partial charge on any atom is 0.320 e. The maximum absolute atomic E-state index is 11.3. The van der Waals surface area contributed by atoms with Gasteiger partial charge in [-0.3, -0.25) is 14.5 Å². The molecule has 6 heteroatoms. The summed E-state index contributed by atoms with van der Waals surface area (Å²) in [5, 5.41) is 21.2. The van der Waals surface area contributed by atoms with E-state index in [9.17, 15) is 14.7 Å². The lowest BCUT2D eigenvalue weighted by Gasteiger charge is -2.30. The molecule has 1 amide bonds. The van der Waals surface area contributed by atoms with Gasteiger partial charge in [-0.05, 0) is 25.7 Å². The highest BCUT2D eigenvalue weighted by Crippen LogP contribution is 2.26. The van der Waals surface area contributed by atoms with Gasteiger partial charge in [-0.1, -0.05) is 13.3 Å². The van der Waals surface area contributed by atoms with Gasteiger partial charge in [0.15, 0.2) is 0 Å². The van der Waals surface area contributed by atoms with Crippen molar-refractivity contribution in [2.75, 3.05) is 13.1 Å². The molecule has 0 saturated carbocycles. The van der Waals surface area contributed by atoms with Crippen molar-refractivity contribution in [3.05, 3.63) is 0 Å². The summed E-state index contributed by atoms with van der Waals surface area (Å²) in [5.74, 6) is -0.965. The van der Waals surface area contributed by atoms with Crippen molar-refractivity contribution in [1.29, 1.82) is 5.26 Å². The zero-order valence-corrected chi connectivity index (χ0v) is 13.0. The number of carbonyl (C=O) groups excluding carboxylic acids is 1. The van der Waals surface area contributed by atoms with Crippen molar-refractivity contribution in [3.63, 3.8) is 0 Å². The van der Waals surface area contributed by atoms with E-state index in [1.54, 1.807) is 0 Å². The van der Waals surface area contributed by atoms with Gasteiger partial charge in [-0.2, -0.15) is 5.26 Å². The lowest BCUT2D eigenvalue weighted by Crippen LogP contribution is -2.45. The van der Waals surface area contributed by atoms with Gasteiger partial charge in [0.25, 0.3) is 0 Å². The van der Waals surface area contributed by atoms with Gasteiger partial charge in [0.05, 0.1) is 12.0 Å². The van der Waals surface area contributed by atoms with Crippen LogP contribution in [0, 0.1) is 23.2 Å². The lowest BCUT2D eigenvalue weighted by molar-refractivity contribution is -0.142. The number of carboxylic acids is 1. The average molecular weight is 295 g/mol. The minimum atomic E-state index is -0.866. The fraction of sp³-hybridized carbons (Fsp3) is 0.800. The Hall–Kier alpha value is -1.61. The van der Waals surface area contributed by atoms with Gasteiger partial charge in [-0.15, -0.1) is 0 Å². The van der Waals surface area contributed by atoms with Crippen molar-refractivity contribution in [2.45, 2.75) is 52.1 Å². The summed E-state index contributed by atoms with van der Waals surface area (Å²) < 4.78 is 0. The molecule has 0 aromatic heterocycles. The molecule has 1 fully saturated rings. The Labute approximate surface area is 126 Å². The molecule has 4 atom stereocenters. The number of carboxylic acid groups (broad SMARTS) is 1. The Balaban J connectivity index is 2.74. The minimum absolute atomic E-state index is 0.00182. The van der Waals surface area contributed by atoms with Gasteiger partial charge in [0.1, 0.15) is 6.04 Å². The molecule has 0 radical (unpaired) electrons. The average Bonchev–Trinajstić information content (AvgIpc) is 2.80. The van der Waals surface area contributed by atoms with E-state index in [1.165, 1.54) is 6.92 Å². The summed E-state index contributed by atoms with van der Waals surface area (Å²) in [6.45, 7) is 6.62. The quantitative estimate of drug-likeness (QED) is 0.736.